The van der Waals surface area contributed by atoms with Crippen LogP contribution < -0.4 is 11.2 Å². The molecule has 0 saturated heterocycles. The maximum atomic E-state index is 13.2. The lowest BCUT2D eigenvalue weighted by Crippen LogP contribution is -2.24. The molecule has 19 heavy (non-hydrogen) atoms. The fraction of sp³-hybridized carbons (Fsp3) is 0.100. The Bertz CT molecular complexity index is 609. The largest absolute Gasteiger partial charge is 0.367 e. The van der Waals surface area contributed by atoms with Gasteiger partial charge < -0.3 is 5.73 Å². The van der Waals surface area contributed by atoms with Crippen molar-refractivity contribution in [1.82, 2.24) is 25.6 Å². The monoisotopic (exact) mass is 263 g/mol. The molecule has 0 aliphatic rings. The van der Waals surface area contributed by atoms with Crippen molar-refractivity contribution in [3.05, 3.63) is 35.6 Å². The average molecular weight is 263 g/mol. The van der Waals surface area contributed by atoms with Gasteiger partial charge in [-0.15, -0.1) is 0 Å². The number of halogens is 1. The molecular formula is C10H10FN7O. The Morgan fingerprint density at radius 2 is 2.32 bits per heavy atom. The Hall–Kier alpha value is -2.84. The van der Waals surface area contributed by atoms with E-state index in [2.05, 4.69) is 26.1 Å². The molecule has 0 spiro atoms. The maximum absolute atomic E-state index is 13.2. The third-order valence-electron chi connectivity index (χ3n) is 2.15. The van der Waals surface area contributed by atoms with Crippen LogP contribution in [-0.4, -0.2) is 32.3 Å². The zero-order valence-corrected chi connectivity index (χ0v) is 9.69. The topological polar surface area (TPSA) is 111 Å². The standard InChI is InChI=1S/C10H10FN7O/c11-8-4-2-1-3-7(8)5-13-14-9(19)6-18-10(12)15-16-17-18/h1-5H,6H2,(H,14,19)(H2,12,15,17)/b13-5-. The Morgan fingerprint density at radius 1 is 1.53 bits per heavy atom. The first-order valence-electron chi connectivity index (χ1n) is 5.25. The Labute approximate surface area is 107 Å². The van der Waals surface area contributed by atoms with Crippen molar-refractivity contribution in [2.45, 2.75) is 6.54 Å². The van der Waals surface area contributed by atoms with Gasteiger partial charge in [0.2, 0.25) is 5.95 Å². The van der Waals surface area contributed by atoms with Crippen molar-refractivity contribution in [3.63, 3.8) is 0 Å². The minimum atomic E-state index is -0.480. The van der Waals surface area contributed by atoms with Gasteiger partial charge in [-0.2, -0.15) is 5.10 Å². The number of benzene rings is 1. The molecule has 2 aromatic rings. The minimum absolute atomic E-state index is 0.0215. The van der Waals surface area contributed by atoms with Crippen LogP contribution in [0, 0.1) is 5.82 Å². The molecule has 9 heteroatoms. The predicted octanol–water partition coefficient (Wildman–Crippen LogP) is -0.455. The van der Waals surface area contributed by atoms with E-state index in [0.717, 1.165) is 4.68 Å². The van der Waals surface area contributed by atoms with Crippen LogP contribution >= 0.6 is 0 Å². The number of anilines is 1. The molecule has 1 aromatic carbocycles. The smallest absolute Gasteiger partial charge is 0.261 e. The summed E-state index contributed by atoms with van der Waals surface area (Å²) in [4.78, 5) is 11.4. The highest BCUT2D eigenvalue weighted by atomic mass is 19.1. The van der Waals surface area contributed by atoms with E-state index in [1.165, 1.54) is 18.3 Å². The molecule has 3 N–H and O–H groups in total. The van der Waals surface area contributed by atoms with Crippen LogP contribution in [0.5, 0.6) is 0 Å². The predicted molar refractivity (Wildman–Crippen MR) is 64.4 cm³/mol. The SMILES string of the molecule is Nc1nnnn1CC(=O)N/N=C\c1ccccc1F. The quantitative estimate of drug-likeness (QED) is 0.573. The van der Waals surface area contributed by atoms with Crippen molar-refractivity contribution < 1.29 is 9.18 Å². The number of nitrogen functional groups attached to an aromatic ring is 1. The van der Waals surface area contributed by atoms with E-state index in [4.69, 9.17) is 5.73 Å². The van der Waals surface area contributed by atoms with Gasteiger partial charge in [0.05, 0.1) is 6.21 Å². The first-order chi connectivity index (χ1) is 9.16. The summed E-state index contributed by atoms with van der Waals surface area (Å²) < 4.78 is 14.3. The van der Waals surface area contributed by atoms with Crippen LogP contribution in [0.2, 0.25) is 0 Å². The second-order valence-corrected chi connectivity index (χ2v) is 3.51. The molecule has 98 valence electrons. The van der Waals surface area contributed by atoms with Crippen molar-refractivity contribution in [3.8, 4) is 0 Å². The van der Waals surface area contributed by atoms with Gasteiger partial charge in [0.15, 0.2) is 0 Å². The van der Waals surface area contributed by atoms with E-state index < -0.39 is 11.7 Å². The zero-order valence-electron chi connectivity index (χ0n) is 9.69. The second-order valence-electron chi connectivity index (χ2n) is 3.51. The average Bonchev–Trinajstić information content (AvgIpc) is 2.77. The maximum Gasteiger partial charge on any atom is 0.261 e. The molecule has 1 aromatic heterocycles. The van der Waals surface area contributed by atoms with Gasteiger partial charge in [0.25, 0.3) is 5.91 Å². The fourth-order valence-electron chi connectivity index (χ4n) is 1.25. The lowest BCUT2D eigenvalue weighted by Gasteiger charge is -2.00. The molecular weight excluding hydrogens is 253 g/mol. The number of hydrogen-bond acceptors (Lipinski definition) is 6. The van der Waals surface area contributed by atoms with Gasteiger partial charge in [-0.1, -0.05) is 23.3 Å². The first kappa shape index (κ1) is 12.6. The summed E-state index contributed by atoms with van der Waals surface area (Å²) in [5, 5.41) is 13.8. The molecule has 0 aliphatic carbocycles. The number of nitrogens with one attached hydrogen (secondary N) is 1. The highest BCUT2D eigenvalue weighted by Crippen LogP contribution is 2.02. The highest BCUT2D eigenvalue weighted by molar-refractivity contribution is 5.82. The molecule has 1 heterocycles. The van der Waals surface area contributed by atoms with Crippen LogP contribution in [0.4, 0.5) is 10.3 Å². The number of carbonyl (C=O) groups is 1. The van der Waals surface area contributed by atoms with Crippen LogP contribution in [0.25, 0.3) is 0 Å². The Kier molecular flexibility index (Phi) is 3.76. The van der Waals surface area contributed by atoms with E-state index >= 15 is 0 Å². The normalized spacial score (nSPS) is 10.8. The molecule has 0 atom stereocenters. The first-order valence-corrected chi connectivity index (χ1v) is 5.25. The number of hydrazone groups is 1. The molecule has 0 aliphatic heterocycles. The zero-order chi connectivity index (χ0) is 13.7. The van der Waals surface area contributed by atoms with Crippen molar-refractivity contribution in [2.75, 3.05) is 5.73 Å². The van der Waals surface area contributed by atoms with Crippen molar-refractivity contribution in [1.29, 1.82) is 0 Å². The van der Waals surface area contributed by atoms with E-state index in [0.29, 0.717) is 0 Å². The summed E-state index contributed by atoms with van der Waals surface area (Å²) in [6.07, 6.45) is 1.20. The summed E-state index contributed by atoms with van der Waals surface area (Å²) in [6, 6.07) is 6.05. The van der Waals surface area contributed by atoms with Gasteiger partial charge in [-0.3, -0.25) is 4.79 Å². The van der Waals surface area contributed by atoms with Gasteiger partial charge in [0, 0.05) is 5.56 Å². The summed E-state index contributed by atoms with van der Waals surface area (Å²) in [7, 11) is 0. The van der Waals surface area contributed by atoms with E-state index in [1.54, 1.807) is 12.1 Å². The van der Waals surface area contributed by atoms with Crippen LogP contribution in [0.3, 0.4) is 0 Å². The molecule has 0 bridgehead atoms. The summed E-state index contributed by atoms with van der Waals surface area (Å²) in [5.74, 6) is -0.884. The molecule has 1 amide bonds. The van der Waals surface area contributed by atoms with Crippen LogP contribution in [-0.2, 0) is 11.3 Å². The summed E-state index contributed by atoms with van der Waals surface area (Å²) in [6.45, 7) is -0.173. The molecule has 0 saturated carbocycles. The summed E-state index contributed by atoms with van der Waals surface area (Å²) in [5.41, 5.74) is 7.87. The van der Waals surface area contributed by atoms with Crippen molar-refractivity contribution >= 4 is 18.1 Å². The van der Waals surface area contributed by atoms with Gasteiger partial charge in [-0.05, 0) is 16.5 Å². The number of hydrogen-bond donors (Lipinski definition) is 2. The van der Waals surface area contributed by atoms with Crippen molar-refractivity contribution in [2.24, 2.45) is 5.10 Å². The van der Waals surface area contributed by atoms with Gasteiger partial charge in [0.1, 0.15) is 12.4 Å². The number of nitrogens with two attached hydrogens (primary N) is 1. The number of carbonyl (C=O) groups excluding carboxylic acids is 1. The number of amides is 1. The summed E-state index contributed by atoms with van der Waals surface area (Å²) >= 11 is 0. The minimum Gasteiger partial charge on any atom is -0.367 e. The molecule has 0 fully saturated rings. The Balaban J connectivity index is 1.91. The second kappa shape index (κ2) is 5.67. The highest BCUT2D eigenvalue weighted by Gasteiger charge is 2.06. The number of tetrazole rings is 1. The van der Waals surface area contributed by atoms with Crippen LogP contribution in [0.1, 0.15) is 5.56 Å². The van der Waals surface area contributed by atoms with E-state index in [1.807, 2.05) is 0 Å². The van der Waals surface area contributed by atoms with E-state index in [-0.39, 0.29) is 18.1 Å². The third-order valence-corrected chi connectivity index (χ3v) is 2.15. The Morgan fingerprint density at radius 3 is 3.00 bits per heavy atom. The molecule has 0 radical (unpaired) electrons. The molecule has 0 unspecified atom stereocenters. The lowest BCUT2D eigenvalue weighted by molar-refractivity contribution is -0.121. The molecule has 8 nitrogen and oxygen atoms in total. The third kappa shape index (κ3) is 3.31. The van der Waals surface area contributed by atoms with Gasteiger partial charge in [-0.25, -0.2) is 14.5 Å². The lowest BCUT2D eigenvalue weighted by atomic mass is 10.2. The number of aromatic nitrogens is 4. The fourth-order valence-corrected chi connectivity index (χ4v) is 1.25. The number of rotatable bonds is 4. The van der Waals surface area contributed by atoms with E-state index in [9.17, 15) is 9.18 Å². The molecule has 2 rings (SSSR count). The van der Waals surface area contributed by atoms with Crippen LogP contribution in [0.15, 0.2) is 29.4 Å². The number of nitrogens with zero attached hydrogens (tertiary/aromatic N) is 5. The van der Waals surface area contributed by atoms with Gasteiger partial charge >= 0.3 is 0 Å².